The first-order valence-corrected chi connectivity index (χ1v) is 0. The maximum Gasteiger partial charge on any atom is 4.00 e. The van der Waals surface area contributed by atoms with E-state index in [1.807, 2.05) is 0 Å². The molecule has 0 rings (SSSR count). The second-order valence-corrected chi connectivity index (χ2v) is 0. The number of hydrogen-bond acceptors (Lipinski definition) is 0. The van der Waals surface area contributed by atoms with E-state index < -0.39 is 0 Å². The topological polar surface area (TPSA) is 28.5 Å². The van der Waals surface area contributed by atoms with Crippen LogP contribution in [-0.4, -0.2) is 49.8 Å². The molecule has 0 aliphatic carbocycles. The van der Waals surface area contributed by atoms with Gasteiger partial charge in [-0.3, -0.25) is 0 Å². The van der Waals surface area contributed by atoms with Crippen LogP contribution in [0.25, 0.3) is 0 Å². The van der Waals surface area contributed by atoms with Crippen LogP contribution in [0.4, 0.5) is 0 Å². The molecule has 0 aromatic rings. The molecule has 0 atom stereocenters. The third kappa shape index (κ3) is 8.82. The summed E-state index contributed by atoms with van der Waals surface area (Å²) < 4.78 is 0. The second kappa shape index (κ2) is 17.7. The fourth-order valence-corrected chi connectivity index (χ4v) is 0. The van der Waals surface area contributed by atoms with Gasteiger partial charge in [0.15, 0.2) is 0 Å². The van der Waals surface area contributed by atoms with Gasteiger partial charge in [-0.2, -0.15) is 0 Å². The Morgan fingerprint density at radius 2 is 1.00 bits per heavy atom. The van der Waals surface area contributed by atoms with Crippen molar-refractivity contribution in [3.05, 3.63) is 0 Å². The standard InChI is InChI=1S/Cd.In.O.Sn/q+2;+3;-2;+4. The van der Waals surface area contributed by atoms with Gasteiger partial charge in [-0.1, -0.05) is 0 Å². The molecule has 0 aromatic carbocycles. The summed E-state index contributed by atoms with van der Waals surface area (Å²) in [5.41, 5.74) is 0. The minimum Gasteiger partial charge on any atom is -2.00 e. The number of hydrogen-bond donors (Lipinski definition) is 0. The van der Waals surface area contributed by atoms with Crippen molar-refractivity contribution in [2.75, 3.05) is 0 Å². The quantitative estimate of drug-likeness (QED) is 0.501. The van der Waals surface area contributed by atoms with E-state index >= 15 is 0 Å². The zero-order valence-corrected chi connectivity index (χ0v) is 12.4. The molecular formula is CdInOSn+7. The van der Waals surface area contributed by atoms with Gasteiger partial charge in [-0.25, -0.2) is 0 Å². The summed E-state index contributed by atoms with van der Waals surface area (Å²) in [6.07, 6.45) is 0. The van der Waals surface area contributed by atoms with E-state index in [1.165, 1.54) is 0 Å². The van der Waals surface area contributed by atoms with E-state index in [0.29, 0.717) is 0 Å². The molecule has 1 nitrogen and oxygen atoms in total. The summed E-state index contributed by atoms with van der Waals surface area (Å²) in [7, 11) is 0. The van der Waals surface area contributed by atoms with Crippen molar-refractivity contribution < 1.29 is 32.8 Å². The van der Waals surface area contributed by atoms with Crippen molar-refractivity contribution in [3.8, 4) is 0 Å². The molecule has 0 aliphatic heterocycles. The van der Waals surface area contributed by atoms with Gasteiger partial charge in [0, 0.05) is 0 Å². The van der Waals surface area contributed by atoms with Crippen LogP contribution >= 0.6 is 0 Å². The molecule has 4 heteroatoms. The van der Waals surface area contributed by atoms with Gasteiger partial charge >= 0.3 is 77.0 Å². The predicted octanol–water partition coefficient (Wildman–Crippen LogP) is -0.883. The van der Waals surface area contributed by atoms with Crippen LogP contribution in [-0.2, 0) is 32.8 Å². The van der Waals surface area contributed by atoms with Crippen molar-refractivity contribution in [1.82, 2.24) is 0 Å². The summed E-state index contributed by atoms with van der Waals surface area (Å²) in [6, 6.07) is 0. The minimum absolute atomic E-state index is 0. The normalized spacial score (nSPS) is 0. The second-order valence-electron chi connectivity index (χ2n) is 0. The molecule has 0 bridgehead atoms. The fraction of sp³-hybridized carbons (Fsp3) is 0. The van der Waals surface area contributed by atoms with E-state index in [9.17, 15) is 0 Å². The summed E-state index contributed by atoms with van der Waals surface area (Å²) in [6.45, 7) is 0. The fourth-order valence-electron chi connectivity index (χ4n) is 0. The van der Waals surface area contributed by atoms with Crippen LogP contribution in [0.15, 0.2) is 0 Å². The Hall–Kier alpha value is 2.55. The van der Waals surface area contributed by atoms with Crippen molar-refractivity contribution >= 4 is 49.8 Å². The molecule has 0 fully saturated rings. The molecule has 0 unspecified atom stereocenters. The zero-order chi connectivity index (χ0) is 0. The van der Waals surface area contributed by atoms with Crippen molar-refractivity contribution in [2.24, 2.45) is 0 Å². The molecule has 0 N–H and O–H groups in total. The van der Waals surface area contributed by atoms with Gasteiger partial charge in [0.05, 0.1) is 0 Å². The monoisotopic (exact) mass is 365 g/mol. The average Bonchev–Trinajstić information content (AvgIpc) is 0. The van der Waals surface area contributed by atoms with Crippen LogP contribution in [0, 0.1) is 0 Å². The Morgan fingerprint density at radius 3 is 1.00 bits per heavy atom. The summed E-state index contributed by atoms with van der Waals surface area (Å²) in [4.78, 5) is 0. The third-order valence-corrected chi connectivity index (χ3v) is 0. The van der Waals surface area contributed by atoms with Gasteiger partial charge in [-0.05, 0) is 0 Å². The smallest absolute Gasteiger partial charge is 2.00 e. The Labute approximate surface area is 81.1 Å². The predicted molar refractivity (Wildman–Crippen MR) is 12.2 cm³/mol. The van der Waals surface area contributed by atoms with E-state index in [2.05, 4.69) is 0 Å². The summed E-state index contributed by atoms with van der Waals surface area (Å²) in [5.74, 6) is 0. The van der Waals surface area contributed by atoms with Crippen molar-refractivity contribution in [2.45, 2.75) is 0 Å². The van der Waals surface area contributed by atoms with E-state index in [1.54, 1.807) is 0 Å². The molecule has 0 saturated carbocycles. The molecule has 0 amide bonds. The van der Waals surface area contributed by atoms with Crippen LogP contribution in [0.5, 0.6) is 0 Å². The Kier molecular flexibility index (Phi) is 137. The largest absolute Gasteiger partial charge is 4.00 e. The molecule has 0 aromatic heterocycles. The maximum absolute atomic E-state index is 0. The van der Waals surface area contributed by atoms with Gasteiger partial charge in [0.25, 0.3) is 0 Å². The van der Waals surface area contributed by atoms with Crippen LogP contribution in [0.2, 0.25) is 0 Å². The van der Waals surface area contributed by atoms with E-state index in [4.69, 9.17) is 0 Å². The molecule has 8 valence electrons. The first-order chi connectivity index (χ1) is 0. The van der Waals surface area contributed by atoms with E-state index in [0.717, 1.165) is 0 Å². The molecule has 0 saturated heterocycles. The van der Waals surface area contributed by atoms with Gasteiger partial charge in [0.2, 0.25) is 0 Å². The van der Waals surface area contributed by atoms with Crippen LogP contribution < -0.4 is 0 Å². The first-order valence-electron chi connectivity index (χ1n) is 0. The first kappa shape index (κ1) is 31.0. The Bertz CT molecular complexity index is 8.00. The maximum atomic E-state index is 0. The third-order valence-electron chi connectivity index (χ3n) is 0. The van der Waals surface area contributed by atoms with Gasteiger partial charge in [-0.15, -0.1) is 0 Å². The Balaban J connectivity index is 0. The molecule has 0 aliphatic rings. The molecular weight excluding hydrogens is 362 g/mol. The zero-order valence-electron chi connectivity index (χ0n) is 2.19. The van der Waals surface area contributed by atoms with Crippen molar-refractivity contribution in [3.63, 3.8) is 0 Å². The minimum atomic E-state index is 0. The summed E-state index contributed by atoms with van der Waals surface area (Å²) >= 11 is 0. The molecule has 4 heavy (non-hydrogen) atoms. The number of rotatable bonds is 0. The van der Waals surface area contributed by atoms with Crippen LogP contribution in [0.3, 0.4) is 0 Å². The molecule has 0 radical (unpaired) electrons. The average molecular weight is 362 g/mol. The SMILES string of the molecule is [Cd+2].[In+3].[O-2].[Sn+4]. The molecule has 0 heterocycles. The summed E-state index contributed by atoms with van der Waals surface area (Å²) in [5, 5.41) is 0. The molecule has 0 spiro atoms. The van der Waals surface area contributed by atoms with E-state index in [-0.39, 0.29) is 82.5 Å². The van der Waals surface area contributed by atoms with Gasteiger partial charge in [0.1, 0.15) is 0 Å². The van der Waals surface area contributed by atoms with Crippen molar-refractivity contribution in [1.29, 1.82) is 0 Å². The van der Waals surface area contributed by atoms with Gasteiger partial charge < -0.3 is 5.48 Å². The van der Waals surface area contributed by atoms with Crippen LogP contribution in [0.1, 0.15) is 0 Å². The Morgan fingerprint density at radius 1 is 1.00 bits per heavy atom.